The summed E-state index contributed by atoms with van der Waals surface area (Å²) in [6.07, 6.45) is 13.1. The molecule has 1 aliphatic heterocycles. The van der Waals surface area contributed by atoms with Gasteiger partial charge in [-0.15, -0.1) is 5.10 Å². The monoisotopic (exact) mass is 656 g/mol. The number of ether oxygens (including phenoxy) is 3. The number of aromatic nitrogens is 7. The molecule has 2 fully saturated rings. The fourth-order valence-electron chi connectivity index (χ4n) is 6.33. The topological polar surface area (TPSA) is 161 Å². The molecule has 1 saturated carbocycles. The number of anilines is 2. The Morgan fingerprint density at radius 1 is 1.10 bits per heavy atom. The molecule has 0 unspecified atom stereocenters. The summed E-state index contributed by atoms with van der Waals surface area (Å²) in [7, 11) is 0. The summed E-state index contributed by atoms with van der Waals surface area (Å²) in [5.41, 5.74) is 2.07. The summed E-state index contributed by atoms with van der Waals surface area (Å²) in [6.45, 7) is 9.94. The maximum atomic E-state index is 9.67. The van der Waals surface area contributed by atoms with Gasteiger partial charge in [0.05, 0.1) is 37.6 Å². The van der Waals surface area contributed by atoms with Crippen LogP contribution < -0.4 is 14.8 Å². The molecule has 2 N–H and O–H groups in total. The maximum Gasteiger partial charge on any atom is 0.257 e. The van der Waals surface area contributed by atoms with Crippen molar-refractivity contribution in [3.63, 3.8) is 0 Å². The average molecular weight is 657 g/mol. The second kappa shape index (κ2) is 15.1. The molecule has 2 aliphatic rings. The zero-order chi connectivity index (χ0) is 33.5. The molecule has 1 aromatic carbocycles. The van der Waals surface area contributed by atoms with Crippen molar-refractivity contribution in [1.29, 1.82) is 5.26 Å². The third-order valence-electron chi connectivity index (χ3n) is 8.96. The van der Waals surface area contributed by atoms with Gasteiger partial charge < -0.3 is 24.6 Å². The van der Waals surface area contributed by atoms with E-state index < -0.39 is 5.60 Å². The van der Waals surface area contributed by atoms with Gasteiger partial charge in [-0.3, -0.25) is 9.58 Å². The van der Waals surface area contributed by atoms with E-state index in [0.29, 0.717) is 47.8 Å². The number of rotatable bonds is 13. The normalized spacial score (nSPS) is 19.4. The third kappa shape index (κ3) is 8.28. The Bertz CT molecular complexity index is 1650. The van der Waals surface area contributed by atoms with Crippen LogP contribution in [0, 0.1) is 11.3 Å². The number of morpholine rings is 1. The van der Waals surface area contributed by atoms with E-state index in [2.05, 4.69) is 36.3 Å². The first-order chi connectivity index (χ1) is 23.3. The van der Waals surface area contributed by atoms with Crippen LogP contribution in [-0.4, -0.2) is 95.2 Å². The van der Waals surface area contributed by atoms with Crippen molar-refractivity contribution in [2.24, 2.45) is 0 Å². The van der Waals surface area contributed by atoms with E-state index >= 15 is 0 Å². The lowest BCUT2D eigenvalue weighted by Gasteiger charge is -2.38. The summed E-state index contributed by atoms with van der Waals surface area (Å²) in [6, 6.07) is 8.47. The largest absolute Gasteiger partial charge is 0.487 e. The lowest BCUT2D eigenvalue weighted by molar-refractivity contribution is 0.00493. The fourth-order valence-corrected chi connectivity index (χ4v) is 6.33. The van der Waals surface area contributed by atoms with Gasteiger partial charge in [-0.25, -0.2) is 19.6 Å². The third-order valence-corrected chi connectivity index (χ3v) is 8.96. The molecule has 48 heavy (non-hydrogen) atoms. The highest BCUT2D eigenvalue weighted by Crippen LogP contribution is 2.36. The number of benzene rings is 1. The predicted octanol–water partition coefficient (Wildman–Crippen LogP) is 4.37. The van der Waals surface area contributed by atoms with E-state index in [9.17, 15) is 10.4 Å². The quantitative estimate of drug-likeness (QED) is 0.209. The van der Waals surface area contributed by atoms with Crippen LogP contribution in [0.1, 0.15) is 64.5 Å². The number of nitriles is 1. The Morgan fingerprint density at radius 3 is 2.54 bits per heavy atom. The van der Waals surface area contributed by atoms with Crippen molar-refractivity contribution in [3.8, 4) is 28.8 Å². The molecule has 3 aromatic heterocycles. The Morgan fingerprint density at radius 2 is 1.85 bits per heavy atom. The zero-order valence-corrected chi connectivity index (χ0v) is 27.8. The van der Waals surface area contributed by atoms with Gasteiger partial charge in [-0.2, -0.15) is 10.4 Å². The van der Waals surface area contributed by atoms with Gasteiger partial charge in [0.1, 0.15) is 41.9 Å². The molecule has 1 atom stereocenters. The molecule has 1 saturated heterocycles. The van der Waals surface area contributed by atoms with Crippen LogP contribution in [0.4, 0.5) is 11.6 Å². The molecular weight excluding hydrogens is 612 g/mol. The van der Waals surface area contributed by atoms with Crippen LogP contribution in [-0.2, 0) is 11.3 Å². The maximum absolute atomic E-state index is 9.67. The van der Waals surface area contributed by atoms with Crippen LogP contribution in [0.15, 0.2) is 49.4 Å². The summed E-state index contributed by atoms with van der Waals surface area (Å²) in [5.74, 6) is 1.32. The fraction of sp³-hybridized carbons (Fsp3) is 0.529. The molecule has 4 aromatic rings. The van der Waals surface area contributed by atoms with Crippen molar-refractivity contribution in [2.75, 3.05) is 38.2 Å². The van der Waals surface area contributed by atoms with E-state index in [1.165, 1.54) is 6.33 Å². The molecule has 6 rings (SSSR count). The smallest absolute Gasteiger partial charge is 0.257 e. The minimum atomic E-state index is -0.620. The SMILES string of the molecule is C[C@@H](Cn1cncn1)Oc1cc(-c2cnc(Nc3cn([C@H]4CC[C@H](N5CCOCC5)CC4)nc3OC(C)(C)CCO)nc2)ccc1C#N. The van der Waals surface area contributed by atoms with E-state index in [0.717, 1.165) is 63.1 Å². The number of nitrogens with zero attached hydrogens (tertiary/aromatic N) is 9. The molecule has 4 heterocycles. The summed E-state index contributed by atoms with van der Waals surface area (Å²) in [4.78, 5) is 15.7. The Kier molecular flexibility index (Phi) is 10.5. The second-order valence-corrected chi connectivity index (χ2v) is 13.1. The van der Waals surface area contributed by atoms with Gasteiger partial charge in [0.2, 0.25) is 5.95 Å². The highest BCUT2D eigenvalue weighted by atomic mass is 16.5. The van der Waals surface area contributed by atoms with Gasteiger partial charge in [0.25, 0.3) is 5.88 Å². The molecule has 0 spiro atoms. The summed E-state index contributed by atoms with van der Waals surface area (Å²) >= 11 is 0. The molecule has 14 heteroatoms. The lowest BCUT2D eigenvalue weighted by atomic mass is 9.90. The second-order valence-electron chi connectivity index (χ2n) is 13.1. The van der Waals surface area contributed by atoms with Crippen LogP contribution in [0.3, 0.4) is 0 Å². The van der Waals surface area contributed by atoms with Crippen LogP contribution in [0.2, 0.25) is 0 Å². The zero-order valence-electron chi connectivity index (χ0n) is 27.8. The first kappa shape index (κ1) is 33.3. The molecule has 0 amide bonds. The predicted molar refractivity (Wildman–Crippen MR) is 178 cm³/mol. The standard InChI is InChI=1S/C34H44N10O4/c1-24(20-43-23-36-22-39-43)47-31-16-25(4-5-26(31)17-35)27-18-37-33(38-19-27)40-30-21-44(41-32(30)48-34(2,3)10-13-45)29-8-6-28(7-9-29)42-11-14-46-15-12-42/h4-5,16,18-19,21-24,28-29,45H,6-15,20H2,1-3H3,(H,37,38,40)/t24-,28-,29-/m0/s1. The average Bonchev–Trinajstić information content (AvgIpc) is 3.75. The van der Waals surface area contributed by atoms with Gasteiger partial charge in [-0.1, -0.05) is 6.07 Å². The van der Waals surface area contributed by atoms with Crippen molar-refractivity contribution >= 4 is 11.6 Å². The number of aliphatic hydroxyl groups excluding tert-OH is 1. The number of nitrogens with one attached hydrogen (secondary N) is 1. The lowest BCUT2D eigenvalue weighted by Crippen LogP contribution is -2.45. The molecule has 0 bridgehead atoms. The Labute approximate surface area is 280 Å². The highest BCUT2D eigenvalue weighted by Gasteiger charge is 2.30. The van der Waals surface area contributed by atoms with Gasteiger partial charge in [-0.05, 0) is 64.2 Å². The van der Waals surface area contributed by atoms with Crippen molar-refractivity contribution in [3.05, 3.63) is 55.0 Å². The van der Waals surface area contributed by atoms with E-state index in [1.54, 1.807) is 29.5 Å². The van der Waals surface area contributed by atoms with Gasteiger partial charge in [0, 0.05) is 50.1 Å². The van der Waals surface area contributed by atoms with E-state index in [1.807, 2.05) is 43.8 Å². The van der Waals surface area contributed by atoms with Crippen LogP contribution >= 0.6 is 0 Å². The molecule has 1 aliphatic carbocycles. The van der Waals surface area contributed by atoms with Crippen LogP contribution in [0.5, 0.6) is 11.6 Å². The van der Waals surface area contributed by atoms with Crippen molar-refractivity contribution in [1.82, 2.24) is 39.4 Å². The Balaban J connectivity index is 1.16. The minimum absolute atomic E-state index is 0.00936. The van der Waals surface area contributed by atoms with Gasteiger partial charge >= 0.3 is 0 Å². The van der Waals surface area contributed by atoms with Gasteiger partial charge in [0.15, 0.2) is 0 Å². The molecule has 14 nitrogen and oxygen atoms in total. The molecular formula is C34H44N10O4. The Hall–Kier alpha value is -4.58. The number of aliphatic hydroxyl groups is 1. The number of hydrogen-bond donors (Lipinski definition) is 2. The number of hydrogen-bond acceptors (Lipinski definition) is 12. The summed E-state index contributed by atoms with van der Waals surface area (Å²) in [5, 5.41) is 31.6. The highest BCUT2D eigenvalue weighted by molar-refractivity contribution is 5.67. The molecule has 254 valence electrons. The van der Waals surface area contributed by atoms with Crippen molar-refractivity contribution < 1.29 is 19.3 Å². The molecule has 0 radical (unpaired) electrons. The van der Waals surface area contributed by atoms with Crippen LogP contribution in [0.25, 0.3) is 11.1 Å². The minimum Gasteiger partial charge on any atom is -0.487 e. The van der Waals surface area contributed by atoms with E-state index in [4.69, 9.17) is 19.3 Å². The van der Waals surface area contributed by atoms with E-state index in [-0.39, 0.29) is 18.8 Å². The first-order valence-electron chi connectivity index (χ1n) is 16.6. The van der Waals surface area contributed by atoms with Crippen molar-refractivity contribution in [2.45, 2.75) is 83.2 Å². The first-order valence-corrected chi connectivity index (χ1v) is 16.6. The summed E-state index contributed by atoms with van der Waals surface area (Å²) < 4.78 is 21.7.